The van der Waals surface area contributed by atoms with Gasteiger partial charge in [0.05, 0.1) is 29.3 Å². The number of hydrogen-bond donors (Lipinski definition) is 0. The molecule has 4 rings (SSSR count). The summed E-state index contributed by atoms with van der Waals surface area (Å²) in [6, 6.07) is 26.2. The highest BCUT2D eigenvalue weighted by Gasteiger charge is 2.14. The van der Waals surface area contributed by atoms with Gasteiger partial charge in [-0.3, -0.25) is 0 Å². The van der Waals surface area contributed by atoms with Crippen LogP contribution in [0.3, 0.4) is 0 Å². The minimum atomic E-state index is -0.318. The quantitative estimate of drug-likeness (QED) is 0.215. The number of methoxy groups -OCH3 is 1. The van der Waals surface area contributed by atoms with E-state index in [4.69, 9.17) is 21.3 Å². The van der Waals surface area contributed by atoms with Crippen LogP contribution < -0.4 is 0 Å². The second-order valence-corrected chi connectivity index (χ2v) is 8.62. The molecular weight excluding hydrogens is 430 g/mol. The van der Waals surface area contributed by atoms with E-state index in [1.165, 1.54) is 12.7 Å². The van der Waals surface area contributed by atoms with Crippen molar-refractivity contribution in [1.29, 1.82) is 0 Å². The summed E-state index contributed by atoms with van der Waals surface area (Å²) in [4.78, 5) is 16.8. The van der Waals surface area contributed by atoms with Gasteiger partial charge in [0.1, 0.15) is 0 Å². The highest BCUT2D eigenvalue weighted by atomic mass is 35.5. The minimum Gasteiger partial charge on any atom is -0.465 e. The van der Waals surface area contributed by atoms with E-state index in [0.29, 0.717) is 18.4 Å². The first-order valence-electron chi connectivity index (χ1n) is 11.0. The molecular formula is C29H26ClNO2. The molecule has 1 unspecified atom stereocenters. The molecule has 1 atom stereocenters. The van der Waals surface area contributed by atoms with Gasteiger partial charge in [0.25, 0.3) is 0 Å². The molecule has 0 saturated heterocycles. The molecule has 0 saturated carbocycles. The van der Waals surface area contributed by atoms with Gasteiger partial charge < -0.3 is 4.74 Å². The Hall–Kier alpha value is -3.43. The standard InChI is InChI=1S/C29H26ClNO2/c1-20-10-12-23-13-16-25(31-28(23)18-20)15-11-21-6-5-8-24(19-21)27(30)17-14-22-7-3-4-9-26(22)29(32)33-2/h3-13,15-16,18-19,27H,14,17H2,1-2H3/b15-11+. The van der Waals surface area contributed by atoms with Crippen LogP contribution >= 0.6 is 11.6 Å². The van der Waals surface area contributed by atoms with Crippen LogP contribution in [0.1, 0.15) is 50.1 Å². The molecule has 0 radical (unpaired) electrons. The predicted octanol–water partition coefficient (Wildman–Crippen LogP) is 7.41. The first-order chi connectivity index (χ1) is 16.0. The van der Waals surface area contributed by atoms with Crippen LogP contribution in [-0.4, -0.2) is 18.1 Å². The molecule has 0 amide bonds. The Morgan fingerprint density at radius 1 is 1.00 bits per heavy atom. The Morgan fingerprint density at radius 3 is 2.67 bits per heavy atom. The van der Waals surface area contributed by atoms with Gasteiger partial charge in [-0.2, -0.15) is 0 Å². The number of aryl methyl sites for hydroxylation is 2. The van der Waals surface area contributed by atoms with Crippen molar-refractivity contribution in [3.05, 3.63) is 112 Å². The molecule has 1 heterocycles. The number of halogens is 1. The van der Waals surface area contributed by atoms with E-state index < -0.39 is 0 Å². The van der Waals surface area contributed by atoms with Gasteiger partial charge in [-0.05, 0) is 66.3 Å². The number of carbonyl (C=O) groups excluding carboxylic acids is 1. The highest BCUT2D eigenvalue weighted by molar-refractivity contribution is 6.20. The zero-order chi connectivity index (χ0) is 23.2. The van der Waals surface area contributed by atoms with E-state index in [9.17, 15) is 4.79 Å². The molecule has 0 N–H and O–H groups in total. The fraction of sp³-hybridized carbons (Fsp3) is 0.172. The average molecular weight is 456 g/mol. The average Bonchev–Trinajstić information content (AvgIpc) is 2.85. The second kappa shape index (κ2) is 10.5. The number of pyridine rings is 1. The van der Waals surface area contributed by atoms with Crippen molar-refractivity contribution in [1.82, 2.24) is 4.98 Å². The zero-order valence-corrected chi connectivity index (χ0v) is 19.5. The lowest BCUT2D eigenvalue weighted by molar-refractivity contribution is 0.0599. The number of fused-ring (bicyclic) bond motifs is 1. The first-order valence-corrected chi connectivity index (χ1v) is 11.4. The van der Waals surface area contributed by atoms with Gasteiger partial charge in [-0.1, -0.05) is 66.7 Å². The molecule has 0 spiro atoms. The molecule has 3 aromatic carbocycles. The van der Waals surface area contributed by atoms with Gasteiger partial charge in [-0.25, -0.2) is 9.78 Å². The minimum absolute atomic E-state index is 0.161. The smallest absolute Gasteiger partial charge is 0.338 e. The third-order valence-electron chi connectivity index (χ3n) is 5.68. The lowest BCUT2D eigenvalue weighted by Gasteiger charge is -2.12. The third kappa shape index (κ3) is 5.68. The summed E-state index contributed by atoms with van der Waals surface area (Å²) in [5.41, 5.74) is 6.78. The SMILES string of the molecule is COC(=O)c1ccccc1CCC(Cl)c1cccc(/C=C/c2ccc3ccc(C)cc3n2)c1. The molecule has 0 bridgehead atoms. The fourth-order valence-electron chi connectivity index (χ4n) is 3.87. The first kappa shape index (κ1) is 22.8. The van der Waals surface area contributed by atoms with Crippen LogP contribution in [-0.2, 0) is 11.2 Å². The molecule has 4 heteroatoms. The van der Waals surface area contributed by atoms with Crippen molar-refractivity contribution in [2.75, 3.05) is 7.11 Å². The van der Waals surface area contributed by atoms with Crippen molar-refractivity contribution in [2.24, 2.45) is 0 Å². The van der Waals surface area contributed by atoms with Crippen LogP contribution in [0.4, 0.5) is 0 Å². The van der Waals surface area contributed by atoms with E-state index >= 15 is 0 Å². The second-order valence-electron chi connectivity index (χ2n) is 8.09. The number of nitrogens with zero attached hydrogens (tertiary/aromatic N) is 1. The van der Waals surface area contributed by atoms with Gasteiger partial charge in [-0.15, -0.1) is 11.6 Å². The summed E-state index contributed by atoms with van der Waals surface area (Å²) in [7, 11) is 1.40. The van der Waals surface area contributed by atoms with E-state index in [2.05, 4.69) is 49.4 Å². The molecule has 166 valence electrons. The number of ether oxygens (including phenoxy) is 1. The molecule has 0 aliphatic heterocycles. The van der Waals surface area contributed by atoms with Crippen LogP contribution in [0.15, 0.2) is 78.9 Å². The summed E-state index contributed by atoms with van der Waals surface area (Å²) in [5.74, 6) is -0.318. The Bertz CT molecular complexity index is 1310. The summed E-state index contributed by atoms with van der Waals surface area (Å²) in [6.45, 7) is 2.08. The van der Waals surface area contributed by atoms with Crippen molar-refractivity contribution in [3.63, 3.8) is 0 Å². The Balaban J connectivity index is 1.46. The largest absolute Gasteiger partial charge is 0.465 e. The van der Waals surface area contributed by atoms with E-state index in [1.54, 1.807) is 6.07 Å². The lowest BCUT2D eigenvalue weighted by Crippen LogP contribution is -2.06. The topological polar surface area (TPSA) is 39.2 Å². The molecule has 3 nitrogen and oxygen atoms in total. The van der Waals surface area contributed by atoms with Gasteiger partial charge in [0, 0.05) is 5.39 Å². The van der Waals surface area contributed by atoms with Crippen LogP contribution in [0.2, 0.25) is 0 Å². The maximum Gasteiger partial charge on any atom is 0.338 e. The molecule has 0 fully saturated rings. The van der Waals surface area contributed by atoms with E-state index in [1.807, 2.05) is 42.5 Å². The van der Waals surface area contributed by atoms with Crippen molar-refractivity contribution >= 4 is 40.6 Å². The molecule has 4 aromatic rings. The third-order valence-corrected chi connectivity index (χ3v) is 6.15. The Morgan fingerprint density at radius 2 is 1.82 bits per heavy atom. The number of esters is 1. The predicted molar refractivity (Wildman–Crippen MR) is 137 cm³/mol. The Kier molecular flexibility index (Phi) is 7.21. The fourth-order valence-corrected chi connectivity index (χ4v) is 4.12. The molecule has 33 heavy (non-hydrogen) atoms. The zero-order valence-electron chi connectivity index (χ0n) is 18.8. The maximum atomic E-state index is 12.0. The van der Waals surface area contributed by atoms with Gasteiger partial charge in [0.2, 0.25) is 0 Å². The van der Waals surface area contributed by atoms with Crippen LogP contribution in [0, 0.1) is 6.92 Å². The van der Waals surface area contributed by atoms with Crippen molar-refractivity contribution < 1.29 is 9.53 Å². The van der Waals surface area contributed by atoms with Gasteiger partial charge in [0.15, 0.2) is 0 Å². The summed E-state index contributed by atoms with van der Waals surface area (Å²) in [5, 5.41) is 0.976. The monoisotopic (exact) mass is 455 g/mol. The van der Waals surface area contributed by atoms with Crippen LogP contribution in [0.25, 0.3) is 23.1 Å². The summed E-state index contributed by atoms with van der Waals surface area (Å²) < 4.78 is 4.89. The number of benzene rings is 3. The molecule has 1 aromatic heterocycles. The number of hydrogen-bond acceptors (Lipinski definition) is 3. The lowest BCUT2D eigenvalue weighted by atomic mass is 9.98. The van der Waals surface area contributed by atoms with Crippen molar-refractivity contribution in [2.45, 2.75) is 25.1 Å². The number of rotatable bonds is 7. The number of aromatic nitrogens is 1. The van der Waals surface area contributed by atoms with Crippen molar-refractivity contribution in [3.8, 4) is 0 Å². The molecule has 0 aliphatic rings. The normalized spacial score (nSPS) is 12.2. The highest BCUT2D eigenvalue weighted by Crippen LogP contribution is 2.28. The summed E-state index contributed by atoms with van der Waals surface area (Å²) >= 11 is 6.74. The van der Waals surface area contributed by atoms with Crippen LogP contribution in [0.5, 0.6) is 0 Å². The Labute approximate surface area is 199 Å². The number of carbonyl (C=O) groups is 1. The maximum absolute atomic E-state index is 12.0. The number of alkyl halides is 1. The van der Waals surface area contributed by atoms with Gasteiger partial charge >= 0.3 is 5.97 Å². The molecule has 0 aliphatic carbocycles. The van der Waals surface area contributed by atoms with E-state index in [0.717, 1.165) is 33.3 Å². The van der Waals surface area contributed by atoms with E-state index in [-0.39, 0.29) is 11.3 Å². The summed E-state index contributed by atoms with van der Waals surface area (Å²) in [6.07, 6.45) is 5.49.